The van der Waals surface area contributed by atoms with Gasteiger partial charge in [0.15, 0.2) is 0 Å². The first-order valence-electron chi connectivity index (χ1n) is 5.55. The van der Waals surface area contributed by atoms with Crippen LogP contribution in [0.5, 0.6) is 0 Å². The first-order chi connectivity index (χ1) is 7.57. The molecule has 0 atom stereocenters. The van der Waals surface area contributed by atoms with Gasteiger partial charge in [0.25, 0.3) is 0 Å². The van der Waals surface area contributed by atoms with Crippen LogP contribution in [0.2, 0.25) is 0 Å². The molecule has 0 unspecified atom stereocenters. The van der Waals surface area contributed by atoms with E-state index in [1.165, 1.54) is 4.88 Å². The molecule has 16 heavy (non-hydrogen) atoms. The molecule has 0 saturated heterocycles. The summed E-state index contributed by atoms with van der Waals surface area (Å²) in [5, 5.41) is 7.29. The molecule has 0 spiro atoms. The summed E-state index contributed by atoms with van der Waals surface area (Å²) in [6.07, 6.45) is 3.88. The standard InChI is InChI=1S/C11H19N3OS/c1-4-9-8-12-10(16-9)7-11(2,3)13-5-6-14-15/h8,13H,4-7H2,1-3H3. The van der Waals surface area contributed by atoms with E-state index in [-0.39, 0.29) is 5.54 Å². The van der Waals surface area contributed by atoms with Crippen LogP contribution >= 0.6 is 11.3 Å². The van der Waals surface area contributed by atoms with Crippen molar-refractivity contribution < 1.29 is 0 Å². The highest BCUT2D eigenvalue weighted by Crippen LogP contribution is 2.18. The van der Waals surface area contributed by atoms with Crippen LogP contribution in [0, 0.1) is 4.91 Å². The summed E-state index contributed by atoms with van der Waals surface area (Å²) >= 11 is 1.76. The smallest absolute Gasteiger partial charge is 0.0945 e. The lowest BCUT2D eigenvalue weighted by Gasteiger charge is -2.24. The van der Waals surface area contributed by atoms with Crippen LogP contribution in [0.3, 0.4) is 0 Å². The average Bonchev–Trinajstić information content (AvgIpc) is 2.65. The molecule has 1 rings (SSSR count). The molecule has 1 N–H and O–H groups in total. The van der Waals surface area contributed by atoms with E-state index in [9.17, 15) is 4.91 Å². The molecule has 1 aromatic heterocycles. The minimum absolute atomic E-state index is 0.0342. The molecule has 0 saturated carbocycles. The minimum Gasteiger partial charge on any atom is -0.309 e. The van der Waals surface area contributed by atoms with Gasteiger partial charge in [-0.1, -0.05) is 12.1 Å². The van der Waals surface area contributed by atoms with Gasteiger partial charge in [-0.3, -0.25) is 0 Å². The predicted molar refractivity (Wildman–Crippen MR) is 67.9 cm³/mol. The summed E-state index contributed by atoms with van der Waals surface area (Å²) in [4.78, 5) is 15.7. The Hall–Kier alpha value is -0.810. The third-order valence-corrected chi connectivity index (χ3v) is 3.49. The highest BCUT2D eigenvalue weighted by molar-refractivity contribution is 7.11. The molecule has 0 aliphatic heterocycles. The highest BCUT2D eigenvalue weighted by Gasteiger charge is 2.19. The zero-order valence-electron chi connectivity index (χ0n) is 10.1. The first kappa shape index (κ1) is 13.3. The zero-order valence-corrected chi connectivity index (χ0v) is 10.9. The van der Waals surface area contributed by atoms with Gasteiger partial charge in [-0.05, 0) is 20.3 Å². The number of hydrogen-bond donors (Lipinski definition) is 1. The van der Waals surface area contributed by atoms with Gasteiger partial charge in [-0.2, -0.15) is 4.91 Å². The van der Waals surface area contributed by atoms with Crippen LogP contribution in [0.15, 0.2) is 11.4 Å². The Labute approximate surface area is 100 Å². The van der Waals surface area contributed by atoms with Crippen LogP contribution in [-0.2, 0) is 12.8 Å². The number of nitrogens with zero attached hydrogens (tertiary/aromatic N) is 2. The van der Waals surface area contributed by atoms with Gasteiger partial charge in [0, 0.05) is 29.6 Å². The third kappa shape index (κ3) is 4.37. The van der Waals surface area contributed by atoms with E-state index in [1.54, 1.807) is 11.3 Å². The molecule has 0 fully saturated rings. The van der Waals surface area contributed by atoms with Gasteiger partial charge in [-0.15, -0.1) is 11.3 Å². The molecular weight excluding hydrogens is 222 g/mol. The van der Waals surface area contributed by atoms with Crippen LogP contribution in [0.25, 0.3) is 0 Å². The van der Waals surface area contributed by atoms with Gasteiger partial charge >= 0.3 is 0 Å². The van der Waals surface area contributed by atoms with Crippen molar-refractivity contribution in [2.75, 3.05) is 13.1 Å². The maximum atomic E-state index is 9.99. The second-order valence-electron chi connectivity index (χ2n) is 4.41. The van der Waals surface area contributed by atoms with Crippen molar-refractivity contribution in [1.29, 1.82) is 0 Å². The number of nitroso groups, excluding NO2 is 1. The Kier molecular flexibility index (Phi) is 5.02. The molecule has 90 valence electrons. The molecule has 0 aromatic carbocycles. The Bertz CT molecular complexity index is 336. The molecule has 4 nitrogen and oxygen atoms in total. The van der Waals surface area contributed by atoms with E-state index >= 15 is 0 Å². The second kappa shape index (κ2) is 6.06. The summed E-state index contributed by atoms with van der Waals surface area (Å²) in [6, 6.07) is 0. The largest absolute Gasteiger partial charge is 0.309 e. The number of aryl methyl sites for hydroxylation is 1. The Morgan fingerprint density at radius 3 is 2.88 bits per heavy atom. The van der Waals surface area contributed by atoms with Gasteiger partial charge in [0.1, 0.15) is 0 Å². The molecule has 0 amide bonds. The maximum absolute atomic E-state index is 9.99. The molecule has 0 bridgehead atoms. The topological polar surface area (TPSA) is 54.4 Å². The number of hydrogen-bond acceptors (Lipinski definition) is 5. The summed E-state index contributed by atoms with van der Waals surface area (Å²) in [5.41, 5.74) is -0.0342. The lowest BCUT2D eigenvalue weighted by atomic mass is 10.0. The summed E-state index contributed by atoms with van der Waals surface area (Å²) in [5.74, 6) is 0. The van der Waals surface area contributed by atoms with E-state index in [1.807, 2.05) is 6.20 Å². The average molecular weight is 241 g/mol. The zero-order chi connectivity index (χ0) is 12.0. The fraction of sp³-hybridized carbons (Fsp3) is 0.727. The quantitative estimate of drug-likeness (QED) is 0.589. The van der Waals surface area contributed by atoms with Crippen molar-refractivity contribution in [2.24, 2.45) is 5.18 Å². The monoisotopic (exact) mass is 241 g/mol. The van der Waals surface area contributed by atoms with Gasteiger partial charge < -0.3 is 5.32 Å². The number of aromatic nitrogens is 1. The number of rotatable bonds is 7. The second-order valence-corrected chi connectivity index (χ2v) is 5.61. The van der Waals surface area contributed by atoms with E-state index in [0.717, 1.165) is 17.8 Å². The maximum Gasteiger partial charge on any atom is 0.0945 e. The molecule has 0 aliphatic carbocycles. The normalized spacial score (nSPS) is 11.7. The van der Waals surface area contributed by atoms with Crippen molar-refractivity contribution in [3.63, 3.8) is 0 Å². The molecule has 5 heteroatoms. The summed E-state index contributed by atoms with van der Waals surface area (Å²) in [6.45, 7) is 7.32. The SMILES string of the molecule is CCc1cnc(CC(C)(C)NCCN=O)s1. The lowest BCUT2D eigenvalue weighted by Crippen LogP contribution is -2.42. The fourth-order valence-electron chi connectivity index (χ4n) is 1.47. The van der Waals surface area contributed by atoms with Crippen LogP contribution in [-0.4, -0.2) is 23.6 Å². The molecule has 1 heterocycles. The van der Waals surface area contributed by atoms with Crippen LogP contribution < -0.4 is 5.32 Å². The van der Waals surface area contributed by atoms with E-state index in [4.69, 9.17) is 0 Å². The highest BCUT2D eigenvalue weighted by atomic mass is 32.1. The Balaban J connectivity index is 2.47. The van der Waals surface area contributed by atoms with Crippen molar-refractivity contribution in [1.82, 2.24) is 10.3 Å². The van der Waals surface area contributed by atoms with Crippen molar-refractivity contribution in [2.45, 2.75) is 39.2 Å². The summed E-state index contributed by atoms with van der Waals surface area (Å²) in [7, 11) is 0. The first-order valence-corrected chi connectivity index (χ1v) is 6.37. The summed E-state index contributed by atoms with van der Waals surface area (Å²) < 4.78 is 0. The van der Waals surface area contributed by atoms with Crippen molar-refractivity contribution >= 4 is 11.3 Å². The lowest BCUT2D eigenvalue weighted by molar-refractivity contribution is 0.391. The predicted octanol–water partition coefficient (Wildman–Crippen LogP) is 2.38. The van der Waals surface area contributed by atoms with Gasteiger partial charge in [0.05, 0.1) is 11.6 Å². The van der Waals surface area contributed by atoms with E-state index < -0.39 is 0 Å². The molecular formula is C11H19N3OS. The van der Waals surface area contributed by atoms with Gasteiger partial charge in [-0.25, -0.2) is 4.98 Å². The van der Waals surface area contributed by atoms with Crippen molar-refractivity contribution in [3.05, 3.63) is 21.0 Å². The number of nitrogens with one attached hydrogen (secondary N) is 1. The minimum atomic E-state index is -0.0342. The Morgan fingerprint density at radius 2 is 2.31 bits per heavy atom. The molecule has 0 radical (unpaired) electrons. The van der Waals surface area contributed by atoms with Crippen molar-refractivity contribution in [3.8, 4) is 0 Å². The fourth-order valence-corrected chi connectivity index (χ4v) is 2.56. The van der Waals surface area contributed by atoms with Gasteiger partial charge in [0.2, 0.25) is 0 Å². The molecule has 0 aliphatic rings. The Morgan fingerprint density at radius 1 is 1.56 bits per heavy atom. The third-order valence-electron chi connectivity index (χ3n) is 2.35. The van der Waals surface area contributed by atoms with Crippen LogP contribution in [0.4, 0.5) is 0 Å². The van der Waals surface area contributed by atoms with E-state index in [2.05, 4.69) is 36.2 Å². The molecule has 1 aromatic rings. The van der Waals surface area contributed by atoms with Crippen LogP contribution in [0.1, 0.15) is 30.7 Å². The number of thiazole rings is 1. The van der Waals surface area contributed by atoms with E-state index in [0.29, 0.717) is 13.1 Å².